The van der Waals surface area contributed by atoms with Gasteiger partial charge in [0.2, 0.25) is 0 Å². The van der Waals surface area contributed by atoms with Crippen LogP contribution in [0.1, 0.15) is 28.4 Å². The molecule has 0 aliphatic carbocycles. The Morgan fingerprint density at radius 1 is 1.24 bits per heavy atom. The summed E-state index contributed by atoms with van der Waals surface area (Å²) in [5.41, 5.74) is 1.67. The molecule has 1 atom stereocenters. The van der Waals surface area contributed by atoms with Crippen LogP contribution in [-0.4, -0.2) is 17.4 Å². The summed E-state index contributed by atoms with van der Waals surface area (Å²) in [5.74, 6) is 0.896. The zero-order valence-electron chi connectivity index (χ0n) is 9.35. The summed E-state index contributed by atoms with van der Waals surface area (Å²) in [5, 5.41) is 0. The molecule has 0 radical (unpaired) electrons. The van der Waals surface area contributed by atoms with E-state index in [0.29, 0.717) is 12.3 Å². The molecule has 3 heteroatoms. The van der Waals surface area contributed by atoms with Crippen LogP contribution in [0.15, 0.2) is 42.6 Å². The Labute approximate surface area is 99.4 Å². The normalized spacial score (nSPS) is 18.2. The third-order valence-corrected chi connectivity index (χ3v) is 3.14. The summed E-state index contributed by atoms with van der Waals surface area (Å²) >= 11 is 0. The lowest BCUT2D eigenvalue weighted by molar-refractivity contribution is 0.0928. The van der Waals surface area contributed by atoms with Gasteiger partial charge in [-0.15, -0.1) is 0 Å². The number of carbonyl (C=O) groups is 1. The molecule has 3 rings (SSSR count). The highest BCUT2D eigenvalue weighted by atomic mass is 16.5. The first kappa shape index (κ1) is 10.1. The number of hydrogen-bond donors (Lipinski definition) is 1. The Balaban J connectivity index is 1.98. The molecule has 1 aliphatic heterocycles. The number of H-pyrrole nitrogens is 1. The Kier molecular flexibility index (Phi) is 2.44. The summed E-state index contributed by atoms with van der Waals surface area (Å²) in [6, 6.07) is 11.4. The Morgan fingerprint density at radius 2 is 2.12 bits per heavy atom. The van der Waals surface area contributed by atoms with E-state index in [-0.39, 0.29) is 11.7 Å². The van der Waals surface area contributed by atoms with Crippen molar-refractivity contribution in [2.24, 2.45) is 0 Å². The Hall–Kier alpha value is -2.03. The average Bonchev–Trinajstić information content (AvgIpc) is 2.91. The summed E-state index contributed by atoms with van der Waals surface area (Å²) in [4.78, 5) is 15.3. The minimum absolute atomic E-state index is 0.0846. The third-order valence-electron chi connectivity index (χ3n) is 3.14. The second-order valence-electron chi connectivity index (χ2n) is 4.18. The van der Waals surface area contributed by atoms with Crippen LogP contribution >= 0.6 is 0 Å². The van der Waals surface area contributed by atoms with Gasteiger partial charge in [0.25, 0.3) is 0 Å². The predicted molar refractivity (Wildman–Crippen MR) is 64.4 cm³/mol. The van der Waals surface area contributed by atoms with Gasteiger partial charge in [-0.1, -0.05) is 18.2 Å². The fourth-order valence-corrected chi connectivity index (χ4v) is 2.29. The van der Waals surface area contributed by atoms with Crippen molar-refractivity contribution >= 4 is 5.78 Å². The number of nitrogens with one attached hydrogen (secondary N) is 1. The molecule has 1 unspecified atom stereocenters. The van der Waals surface area contributed by atoms with E-state index in [1.807, 2.05) is 36.4 Å². The van der Waals surface area contributed by atoms with Gasteiger partial charge in [0.1, 0.15) is 5.75 Å². The zero-order chi connectivity index (χ0) is 11.7. The van der Waals surface area contributed by atoms with Crippen LogP contribution in [0.25, 0.3) is 0 Å². The van der Waals surface area contributed by atoms with Gasteiger partial charge in [-0.3, -0.25) is 4.79 Å². The topological polar surface area (TPSA) is 42.1 Å². The second-order valence-corrected chi connectivity index (χ2v) is 4.18. The van der Waals surface area contributed by atoms with Crippen LogP contribution < -0.4 is 4.74 Å². The maximum absolute atomic E-state index is 12.3. The van der Waals surface area contributed by atoms with Gasteiger partial charge in [0.15, 0.2) is 5.78 Å². The maximum atomic E-state index is 12.3. The van der Waals surface area contributed by atoms with E-state index < -0.39 is 0 Å². The molecule has 1 aromatic carbocycles. The van der Waals surface area contributed by atoms with Crippen LogP contribution in [0, 0.1) is 0 Å². The highest BCUT2D eigenvalue weighted by Gasteiger charge is 2.28. The fourth-order valence-electron chi connectivity index (χ4n) is 2.29. The largest absolute Gasteiger partial charge is 0.493 e. The molecule has 1 aromatic heterocycles. The van der Waals surface area contributed by atoms with Gasteiger partial charge in [0.05, 0.1) is 18.2 Å². The molecule has 0 bridgehead atoms. The minimum Gasteiger partial charge on any atom is -0.493 e. The van der Waals surface area contributed by atoms with Crippen LogP contribution in [0.3, 0.4) is 0 Å². The van der Waals surface area contributed by atoms with E-state index in [0.717, 1.165) is 17.7 Å². The van der Waals surface area contributed by atoms with E-state index >= 15 is 0 Å². The average molecular weight is 227 g/mol. The number of fused-ring (bicyclic) bond motifs is 1. The van der Waals surface area contributed by atoms with Crippen molar-refractivity contribution in [3.05, 3.63) is 53.9 Å². The highest BCUT2D eigenvalue weighted by molar-refractivity contribution is 6.00. The van der Waals surface area contributed by atoms with Gasteiger partial charge in [0, 0.05) is 11.8 Å². The first-order chi connectivity index (χ1) is 8.36. The van der Waals surface area contributed by atoms with Crippen LogP contribution in [-0.2, 0) is 0 Å². The molecular weight excluding hydrogens is 214 g/mol. The number of hydrogen-bond acceptors (Lipinski definition) is 2. The Bertz CT molecular complexity index is 531. The number of para-hydroxylation sites is 1. The van der Waals surface area contributed by atoms with E-state index in [9.17, 15) is 4.79 Å². The number of ketones is 1. The molecule has 0 saturated heterocycles. The monoisotopic (exact) mass is 227 g/mol. The van der Waals surface area contributed by atoms with Crippen molar-refractivity contribution in [1.82, 2.24) is 4.98 Å². The minimum atomic E-state index is -0.0846. The van der Waals surface area contributed by atoms with Crippen molar-refractivity contribution in [2.75, 3.05) is 6.61 Å². The first-order valence-electron chi connectivity index (χ1n) is 5.75. The zero-order valence-corrected chi connectivity index (χ0v) is 9.35. The van der Waals surface area contributed by atoms with Crippen molar-refractivity contribution in [2.45, 2.75) is 12.3 Å². The lowest BCUT2D eigenvalue weighted by atomic mass is 9.88. The number of ether oxygens (including phenoxy) is 1. The quantitative estimate of drug-likeness (QED) is 0.801. The number of Topliss-reactive ketones (excluding diaryl/α,β-unsaturated/α-hetero) is 1. The van der Waals surface area contributed by atoms with Crippen molar-refractivity contribution in [3.8, 4) is 5.75 Å². The summed E-state index contributed by atoms with van der Waals surface area (Å²) in [6.45, 7) is 0.605. The maximum Gasteiger partial charge on any atom is 0.186 e. The standard InChI is InChI=1S/C14H13NO2/c16-14(12-5-3-8-15-12)11-7-9-17-13-6-2-1-4-10(11)13/h1-6,8,11,15H,7,9H2. The number of rotatable bonds is 2. The summed E-state index contributed by atoms with van der Waals surface area (Å²) in [7, 11) is 0. The number of benzene rings is 1. The van der Waals surface area contributed by atoms with Crippen LogP contribution in [0.5, 0.6) is 5.75 Å². The molecule has 86 valence electrons. The van der Waals surface area contributed by atoms with Crippen molar-refractivity contribution in [3.63, 3.8) is 0 Å². The molecule has 2 aromatic rings. The van der Waals surface area contributed by atoms with Gasteiger partial charge in [-0.25, -0.2) is 0 Å². The van der Waals surface area contributed by atoms with E-state index in [1.54, 1.807) is 6.20 Å². The lowest BCUT2D eigenvalue weighted by Crippen LogP contribution is -2.21. The van der Waals surface area contributed by atoms with E-state index in [2.05, 4.69) is 4.98 Å². The SMILES string of the molecule is O=C(c1ccc[nH]1)C1CCOc2ccccc21. The van der Waals surface area contributed by atoms with Gasteiger partial charge < -0.3 is 9.72 Å². The number of carbonyl (C=O) groups excluding carboxylic acids is 1. The molecule has 0 saturated carbocycles. The molecule has 0 spiro atoms. The Morgan fingerprint density at radius 3 is 2.94 bits per heavy atom. The van der Waals surface area contributed by atoms with Crippen molar-refractivity contribution < 1.29 is 9.53 Å². The van der Waals surface area contributed by atoms with E-state index in [4.69, 9.17) is 4.74 Å². The fraction of sp³-hybridized carbons (Fsp3) is 0.214. The second kappa shape index (κ2) is 4.09. The van der Waals surface area contributed by atoms with E-state index in [1.165, 1.54) is 0 Å². The molecule has 1 aliphatic rings. The predicted octanol–water partition coefficient (Wildman–Crippen LogP) is 2.76. The first-order valence-corrected chi connectivity index (χ1v) is 5.75. The van der Waals surface area contributed by atoms with Gasteiger partial charge in [-0.2, -0.15) is 0 Å². The molecule has 2 heterocycles. The number of aromatic nitrogens is 1. The molecular formula is C14H13NO2. The van der Waals surface area contributed by atoms with Crippen LogP contribution in [0.2, 0.25) is 0 Å². The number of aromatic amines is 1. The molecule has 0 amide bonds. The van der Waals surface area contributed by atoms with Gasteiger partial charge in [-0.05, 0) is 24.6 Å². The van der Waals surface area contributed by atoms with Gasteiger partial charge >= 0.3 is 0 Å². The lowest BCUT2D eigenvalue weighted by Gasteiger charge is -2.24. The van der Waals surface area contributed by atoms with Crippen molar-refractivity contribution in [1.29, 1.82) is 0 Å². The highest BCUT2D eigenvalue weighted by Crippen LogP contribution is 2.35. The molecule has 0 fully saturated rings. The van der Waals surface area contributed by atoms with Crippen LogP contribution in [0.4, 0.5) is 0 Å². The molecule has 1 N–H and O–H groups in total. The smallest absolute Gasteiger partial charge is 0.186 e. The summed E-state index contributed by atoms with van der Waals surface area (Å²) < 4.78 is 5.56. The third kappa shape index (κ3) is 1.73. The molecule has 3 nitrogen and oxygen atoms in total. The molecule has 17 heavy (non-hydrogen) atoms. The summed E-state index contributed by atoms with van der Waals surface area (Å²) in [6.07, 6.45) is 2.52.